The fraction of sp³-hybridized carbons (Fsp3) is 0.444. The Morgan fingerprint density at radius 2 is 1.63 bits per heavy atom. The van der Waals surface area contributed by atoms with Crippen molar-refractivity contribution in [1.82, 2.24) is 0 Å². The zero-order chi connectivity index (χ0) is 31.2. The number of ether oxygens (including phenoxy) is 5. The monoisotopic (exact) mass is 610 g/mol. The first-order valence-electron chi connectivity index (χ1n) is 13.0. The number of aromatic hydroxyl groups is 3. The van der Waals surface area contributed by atoms with E-state index in [-0.39, 0.29) is 28.4 Å². The number of phenolic OH excluding ortho intramolecular Hbond substituents is 3. The van der Waals surface area contributed by atoms with Crippen LogP contribution in [0.1, 0.15) is 0 Å². The molecule has 16 nitrogen and oxygen atoms in total. The van der Waals surface area contributed by atoms with Crippen LogP contribution in [0.4, 0.5) is 0 Å². The van der Waals surface area contributed by atoms with Crippen molar-refractivity contribution >= 4 is 11.0 Å². The summed E-state index contributed by atoms with van der Waals surface area (Å²) < 4.78 is 33.0. The van der Waals surface area contributed by atoms with Gasteiger partial charge in [-0.25, -0.2) is 0 Å². The van der Waals surface area contributed by atoms with Crippen molar-refractivity contribution in [3.63, 3.8) is 0 Å². The number of methoxy groups -OCH3 is 1. The second kappa shape index (κ2) is 12.1. The van der Waals surface area contributed by atoms with Crippen LogP contribution in [0.15, 0.2) is 39.5 Å². The van der Waals surface area contributed by atoms with Crippen LogP contribution in [0.25, 0.3) is 22.3 Å². The van der Waals surface area contributed by atoms with Gasteiger partial charge in [0.1, 0.15) is 65.2 Å². The van der Waals surface area contributed by atoms with Gasteiger partial charge < -0.3 is 74.1 Å². The number of aliphatic hydroxyl groups is 6. The van der Waals surface area contributed by atoms with E-state index in [1.165, 1.54) is 25.3 Å². The summed E-state index contributed by atoms with van der Waals surface area (Å²) in [6.45, 7) is -1.24. The van der Waals surface area contributed by atoms with Crippen LogP contribution >= 0.6 is 0 Å². The van der Waals surface area contributed by atoms with Gasteiger partial charge in [-0.2, -0.15) is 0 Å². The molecule has 5 rings (SSSR count). The predicted molar refractivity (Wildman–Crippen MR) is 140 cm³/mol. The number of fused-ring (bicyclic) bond motifs is 1. The van der Waals surface area contributed by atoms with Crippen molar-refractivity contribution < 1.29 is 74.1 Å². The number of hydrogen-bond donors (Lipinski definition) is 9. The molecular formula is C27H30O16. The molecule has 9 atom stereocenters. The van der Waals surface area contributed by atoms with Crippen LogP contribution < -0.4 is 14.9 Å². The first-order chi connectivity index (χ1) is 20.4. The summed E-state index contributed by atoms with van der Waals surface area (Å²) in [5, 5.41) is 91.6. The van der Waals surface area contributed by atoms with Gasteiger partial charge in [0, 0.05) is 17.7 Å². The van der Waals surface area contributed by atoms with E-state index in [0.717, 1.165) is 12.1 Å². The molecule has 2 fully saturated rings. The van der Waals surface area contributed by atoms with Gasteiger partial charge in [-0.3, -0.25) is 4.79 Å². The standard InChI is InChI=1S/C27H30O16/c1-38-14-4-9(2-3-11(14)30)23-25(19(34)17-12(31)5-10(29)6-15(17)40-23)43-27-22(37)20(35)24(16(7-28)41-27)42-26-21(36)18(33)13(32)8-39-26/h2-6,13,16,18,20-22,24,26-33,35-37H,7-8H2,1H3/t13-,16-,18-,20+,21-,22-,24-,26?,27+/m1/s1. The highest BCUT2D eigenvalue weighted by Gasteiger charge is 2.50. The Labute approximate surface area is 241 Å². The van der Waals surface area contributed by atoms with Crippen LogP contribution in [0.5, 0.6) is 28.7 Å². The molecule has 0 bridgehead atoms. The minimum Gasteiger partial charge on any atom is -0.508 e. The smallest absolute Gasteiger partial charge is 0.239 e. The van der Waals surface area contributed by atoms with Gasteiger partial charge in [0.05, 0.1) is 20.3 Å². The van der Waals surface area contributed by atoms with E-state index in [1.807, 2.05) is 0 Å². The van der Waals surface area contributed by atoms with E-state index in [4.69, 9.17) is 28.1 Å². The van der Waals surface area contributed by atoms with Crippen molar-refractivity contribution in [2.24, 2.45) is 0 Å². The molecule has 2 aliphatic heterocycles. The third kappa shape index (κ3) is 5.67. The molecule has 43 heavy (non-hydrogen) atoms. The first kappa shape index (κ1) is 30.7. The zero-order valence-electron chi connectivity index (χ0n) is 22.4. The van der Waals surface area contributed by atoms with E-state index in [9.17, 15) is 50.8 Å². The highest BCUT2D eigenvalue weighted by atomic mass is 16.7. The highest BCUT2D eigenvalue weighted by molar-refractivity contribution is 5.88. The number of benzene rings is 2. The maximum Gasteiger partial charge on any atom is 0.239 e. The number of aliphatic hydroxyl groups excluding tert-OH is 6. The Bertz CT molecular complexity index is 1520. The van der Waals surface area contributed by atoms with E-state index >= 15 is 0 Å². The van der Waals surface area contributed by atoms with E-state index in [2.05, 4.69) is 0 Å². The Morgan fingerprint density at radius 1 is 0.907 bits per heavy atom. The SMILES string of the molecule is COc1cc(-c2oc3cc(O)cc(O)c3c(=O)c2O[C@@H]2O[C@H](CO)[C@@H](OC3OC[C@@H](O)[C@@H](O)[C@H]3O)[C@@H](O)[C@H]2O)ccc1O. The quantitative estimate of drug-likeness (QED) is 0.143. The van der Waals surface area contributed by atoms with Crippen LogP contribution in [-0.4, -0.2) is 122 Å². The Morgan fingerprint density at radius 3 is 2.33 bits per heavy atom. The van der Waals surface area contributed by atoms with E-state index < -0.39 is 96.6 Å². The first-order valence-corrected chi connectivity index (χ1v) is 13.0. The highest BCUT2D eigenvalue weighted by Crippen LogP contribution is 2.40. The second-order valence-electron chi connectivity index (χ2n) is 9.99. The maximum absolute atomic E-state index is 13.6. The van der Waals surface area contributed by atoms with Gasteiger partial charge in [-0.15, -0.1) is 0 Å². The minimum absolute atomic E-state index is 0.0144. The second-order valence-corrected chi connectivity index (χ2v) is 9.99. The minimum atomic E-state index is -1.96. The number of phenols is 3. The molecule has 2 saturated heterocycles. The molecule has 9 N–H and O–H groups in total. The molecule has 1 aromatic heterocycles. The lowest BCUT2D eigenvalue weighted by Crippen LogP contribution is -2.63. The molecule has 0 radical (unpaired) electrons. The Hall–Kier alpha value is -3.71. The van der Waals surface area contributed by atoms with Crippen molar-refractivity contribution in [3.05, 3.63) is 40.6 Å². The third-order valence-corrected chi connectivity index (χ3v) is 7.16. The van der Waals surface area contributed by atoms with E-state index in [1.54, 1.807) is 0 Å². The normalized spacial score (nSPS) is 31.2. The van der Waals surface area contributed by atoms with Crippen LogP contribution in [0, 0.1) is 0 Å². The largest absolute Gasteiger partial charge is 0.508 e. The van der Waals surface area contributed by atoms with Crippen molar-refractivity contribution in [1.29, 1.82) is 0 Å². The lowest BCUT2D eigenvalue weighted by atomic mass is 9.98. The van der Waals surface area contributed by atoms with Crippen molar-refractivity contribution in [3.8, 4) is 40.1 Å². The van der Waals surface area contributed by atoms with Crippen LogP contribution in [0.3, 0.4) is 0 Å². The molecule has 234 valence electrons. The van der Waals surface area contributed by atoms with Gasteiger partial charge in [-0.1, -0.05) is 0 Å². The van der Waals surface area contributed by atoms with E-state index in [0.29, 0.717) is 0 Å². The average molecular weight is 611 g/mol. The lowest BCUT2D eigenvalue weighted by Gasteiger charge is -2.44. The van der Waals surface area contributed by atoms with Crippen molar-refractivity contribution in [2.75, 3.05) is 20.3 Å². The van der Waals surface area contributed by atoms with Crippen molar-refractivity contribution in [2.45, 2.75) is 55.3 Å². The molecule has 0 amide bonds. The average Bonchev–Trinajstić information content (AvgIpc) is 2.97. The fourth-order valence-corrected chi connectivity index (χ4v) is 4.87. The summed E-state index contributed by atoms with van der Waals surface area (Å²) in [5.74, 6) is -2.27. The molecule has 2 aliphatic rings. The molecule has 3 heterocycles. The zero-order valence-corrected chi connectivity index (χ0v) is 22.4. The van der Waals surface area contributed by atoms with Gasteiger partial charge in [-0.05, 0) is 18.2 Å². The molecule has 0 aliphatic carbocycles. The van der Waals surface area contributed by atoms with Crippen LogP contribution in [0.2, 0.25) is 0 Å². The molecule has 0 saturated carbocycles. The van der Waals surface area contributed by atoms with Gasteiger partial charge >= 0.3 is 0 Å². The molecule has 3 aromatic rings. The molecular weight excluding hydrogens is 580 g/mol. The number of rotatable bonds is 7. The summed E-state index contributed by atoms with van der Waals surface area (Å²) in [5.41, 5.74) is -1.11. The molecule has 2 aromatic carbocycles. The third-order valence-electron chi connectivity index (χ3n) is 7.16. The maximum atomic E-state index is 13.6. The van der Waals surface area contributed by atoms with Gasteiger partial charge in [0.2, 0.25) is 17.5 Å². The summed E-state index contributed by atoms with van der Waals surface area (Å²) in [4.78, 5) is 13.6. The van der Waals surface area contributed by atoms with Gasteiger partial charge in [0.25, 0.3) is 0 Å². The Balaban J connectivity index is 1.51. The molecule has 16 heteroatoms. The summed E-state index contributed by atoms with van der Waals surface area (Å²) in [6, 6.07) is 5.83. The summed E-state index contributed by atoms with van der Waals surface area (Å²) in [6.07, 6.45) is -15.1. The van der Waals surface area contributed by atoms with Gasteiger partial charge in [0.15, 0.2) is 23.5 Å². The summed E-state index contributed by atoms with van der Waals surface area (Å²) >= 11 is 0. The molecule has 0 spiro atoms. The van der Waals surface area contributed by atoms with Crippen LogP contribution in [-0.2, 0) is 14.2 Å². The Kier molecular flexibility index (Phi) is 8.66. The fourth-order valence-electron chi connectivity index (χ4n) is 4.87. The lowest BCUT2D eigenvalue weighted by molar-refractivity contribution is -0.339. The topological polar surface area (TPSA) is 258 Å². The number of hydrogen-bond acceptors (Lipinski definition) is 16. The summed E-state index contributed by atoms with van der Waals surface area (Å²) in [7, 11) is 1.28. The predicted octanol–water partition coefficient (Wildman–Crippen LogP) is -1.77. The molecule has 1 unspecified atom stereocenters.